The number of ether oxygens (including phenoxy) is 1. The second kappa shape index (κ2) is 4.39. The topological polar surface area (TPSA) is 26.3 Å². The monoisotopic (exact) mass is 280 g/mol. The van der Waals surface area contributed by atoms with Crippen LogP contribution in [0.1, 0.15) is 10.4 Å². The first-order valence-corrected chi connectivity index (χ1v) is 4.75. The van der Waals surface area contributed by atoms with Crippen molar-refractivity contribution in [1.29, 1.82) is 0 Å². The highest BCUT2D eigenvalue weighted by Crippen LogP contribution is 2.04. The highest BCUT2D eigenvalue weighted by atomic mass is 127. The molecule has 1 aromatic rings. The predicted molar refractivity (Wildman–Crippen MR) is 50.7 cm³/mol. The summed E-state index contributed by atoms with van der Waals surface area (Å²) >= 11 is 1.92. The molecule has 0 amide bonds. The van der Waals surface area contributed by atoms with E-state index < -0.39 is 5.97 Å². The Morgan fingerprint density at radius 2 is 2.00 bits per heavy atom. The van der Waals surface area contributed by atoms with Gasteiger partial charge in [-0.15, -0.1) is 0 Å². The molecule has 0 bridgehead atoms. The summed E-state index contributed by atoms with van der Waals surface area (Å²) in [6.07, 6.45) is 0. The van der Waals surface area contributed by atoms with Crippen LogP contribution in [-0.4, -0.2) is 10.6 Å². The summed E-state index contributed by atoms with van der Waals surface area (Å²) in [6, 6.07) is 5.24. The molecule has 0 saturated heterocycles. The van der Waals surface area contributed by atoms with Gasteiger partial charge in [-0.05, 0) is 46.9 Å². The van der Waals surface area contributed by atoms with Gasteiger partial charge >= 0.3 is 5.97 Å². The molecule has 0 heterocycles. The predicted octanol–water partition coefficient (Wildman–Crippen LogP) is 2.38. The minimum Gasteiger partial charge on any atom is -0.451 e. The summed E-state index contributed by atoms with van der Waals surface area (Å²) in [7, 11) is 0. The first-order chi connectivity index (χ1) is 5.74. The van der Waals surface area contributed by atoms with Gasteiger partial charge in [0.1, 0.15) is 10.4 Å². The van der Waals surface area contributed by atoms with Crippen LogP contribution in [-0.2, 0) is 4.74 Å². The van der Waals surface area contributed by atoms with Crippen LogP contribution in [0.3, 0.4) is 0 Å². The van der Waals surface area contributed by atoms with Crippen LogP contribution in [0.25, 0.3) is 0 Å². The Morgan fingerprint density at radius 3 is 2.50 bits per heavy atom. The lowest BCUT2D eigenvalue weighted by molar-refractivity contribution is 0.0590. The largest absolute Gasteiger partial charge is 0.451 e. The maximum atomic E-state index is 12.4. The van der Waals surface area contributed by atoms with Crippen LogP contribution >= 0.6 is 22.6 Å². The van der Waals surface area contributed by atoms with Crippen molar-refractivity contribution in [2.45, 2.75) is 0 Å². The summed E-state index contributed by atoms with van der Waals surface area (Å²) in [5.74, 6) is -0.787. The Balaban J connectivity index is 2.75. The molecule has 1 aromatic carbocycles. The molecule has 4 heteroatoms. The van der Waals surface area contributed by atoms with Crippen molar-refractivity contribution >= 4 is 28.6 Å². The Labute approximate surface area is 82.9 Å². The molecule has 0 radical (unpaired) electrons. The van der Waals surface area contributed by atoms with E-state index in [1.54, 1.807) is 0 Å². The number of hydrogen-bond acceptors (Lipinski definition) is 2. The number of carbonyl (C=O) groups excluding carboxylic acids is 1. The molecule has 0 fully saturated rings. The van der Waals surface area contributed by atoms with Crippen molar-refractivity contribution < 1.29 is 13.9 Å². The van der Waals surface area contributed by atoms with E-state index in [1.165, 1.54) is 24.3 Å². The third-order valence-electron chi connectivity index (χ3n) is 1.27. The third kappa shape index (κ3) is 2.44. The Kier molecular flexibility index (Phi) is 3.46. The van der Waals surface area contributed by atoms with Gasteiger partial charge in [0, 0.05) is 0 Å². The molecular formula is C8H6FIO2. The van der Waals surface area contributed by atoms with E-state index >= 15 is 0 Å². The summed E-state index contributed by atoms with van der Waals surface area (Å²) in [5, 5.41) is 0. The third-order valence-corrected chi connectivity index (χ3v) is 1.58. The molecule has 0 unspecified atom stereocenters. The summed E-state index contributed by atoms with van der Waals surface area (Å²) in [6.45, 7) is 0. The van der Waals surface area contributed by atoms with Gasteiger partial charge in [-0.2, -0.15) is 0 Å². The summed E-state index contributed by atoms with van der Waals surface area (Å²) in [5.41, 5.74) is 0.369. The van der Waals surface area contributed by atoms with Crippen LogP contribution in [0.15, 0.2) is 24.3 Å². The second-order valence-electron chi connectivity index (χ2n) is 2.05. The normalized spacial score (nSPS) is 9.50. The van der Waals surface area contributed by atoms with E-state index in [0.29, 0.717) is 10.2 Å². The van der Waals surface area contributed by atoms with E-state index in [4.69, 9.17) is 4.74 Å². The average molecular weight is 280 g/mol. The van der Waals surface area contributed by atoms with E-state index in [9.17, 15) is 9.18 Å². The maximum Gasteiger partial charge on any atom is 0.338 e. The second-order valence-corrected chi connectivity index (χ2v) is 2.67. The Morgan fingerprint density at radius 1 is 1.42 bits per heavy atom. The zero-order chi connectivity index (χ0) is 8.97. The molecule has 64 valence electrons. The molecule has 0 saturated carbocycles. The van der Waals surface area contributed by atoms with Crippen LogP contribution < -0.4 is 0 Å². The van der Waals surface area contributed by atoms with Gasteiger partial charge < -0.3 is 4.74 Å². The van der Waals surface area contributed by atoms with Crippen molar-refractivity contribution in [2.75, 3.05) is 4.61 Å². The Bertz CT molecular complexity index is 271. The number of benzene rings is 1. The molecule has 0 spiro atoms. The first kappa shape index (κ1) is 9.44. The van der Waals surface area contributed by atoms with Crippen molar-refractivity contribution in [1.82, 2.24) is 0 Å². The zero-order valence-corrected chi connectivity index (χ0v) is 8.25. The lowest BCUT2D eigenvalue weighted by Crippen LogP contribution is -2.02. The molecule has 0 atom stereocenters. The number of hydrogen-bond donors (Lipinski definition) is 0. The fourth-order valence-corrected chi connectivity index (χ4v) is 1.00. The molecular weight excluding hydrogens is 274 g/mol. The smallest absolute Gasteiger partial charge is 0.338 e. The standard InChI is InChI=1S/C8H6FIO2/c9-7-3-1-6(2-4-7)8(11)12-5-10/h1-4H,5H2. The highest BCUT2D eigenvalue weighted by Gasteiger charge is 2.04. The minimum atomic E-state index is -0.426. The van der Waals surface area contributed by atoms with Crippen LogP contribution in [0.4, 0.5) is 4.39 Å². The van der Waals surface area contributed by atoms with Gasteiger partial charge in [0.15, 0.2) is 0 Å². The number of rotatable bonds is 2. The fourth-order valence-electron chi connectivity index (χ4n) is 0.719. The van der Waals surface area contributed by atoms with Gasteiger partial charge in [-0.25, -0.2) is 9.18 Å². The fraction of sp³-hybridized carbons (Fsp3) is 0.125. The Hall–Kier alpha value is -0.650. The average Bonchev–Trinajstić information content (AvgIpc) is 2.06. The van der Waals surface area contributed by atoms with Gasteiger partial charge in [0.05, 0.1) is 5.56 Å². The SMILES string of the molecule is O=C(OCI)c1ccc(F)cc1. The lowest BCUT2D eigenvalue weighted by atomic mass is 10.2. The van der Waals surface area contributed by atoms with Crippen molar-refractivity contribution in [3.63, 3.8) is 0 Å². The number of halogens is 2. The van der Waals surface area contributed by atoms with Gasteiger partial charge in [-0.1, -0.05) is 0 Å². The lowest BCUT2D eigenvalue weighted by Gasteiger charge is -1.99. The molecule has 0 N–H and O–H groups in total. The number of carbonyl (C=O) groups is 1. The number of alkyl halides is 1. The molecule has 0 aliphatic heterocycles. The van der Waals surface area contributed by atoms with E-state index in [0.717, 1.165) is 0 Å². The summed E-state index contributed by atoms with van der Waals surface area (Å²) in [4.78, 5) is 11.0. The quantitative estimate of drug-likeness (QED) is 0.472. The highest BCUT2D eigenvalue weighted by molar-refractivity contribution is 14.1. The van der Waals surface area contributed by atoms with Gasteiger partial charge in [-0.3, -0.25) is 0 Å². The van der Waals surface area contributed by atoms with Crippen molar-refractivity contribution in [2.24, 2.45) is 0 Å². The molecule has 0 aliphatic carbocycles. The zero-order valence-electron chi connectivity index (χ0n) is 6.09. The van der Waals surface area contributed by atoms with Crippen molar-refractivity contribution in [3.05, 3.63) is 35.6 Å². The van der Waals surface area contributed by atoms with Crippen LogP contribution in [0, 0.1) is 5.82 Å². The maximum absolute atomic E-state index is 12.4. The molecule has 0 aliphatic rings. The van der Waals surface area contributed by atoms with E-state index in [1.807, 2.05) is 22.6 Å². The molecule has 1 rings (SSSR count). The summed E-state index contributed by atoms with van der Waals surface area (Å²) < 4.78 is 17.4. The molecule has 2 nitrogen and oxygen atoms in total. The van der Waals surface area contributed by atoms with Crippen LogP contribution in [0.5, 0.6) is 0 Å². The first-order valence-electron chi connectivity index (χ1n) is 3.22. The van der Waals surface area contributed by atoms with Gasteiger partial charge in [0.25, 0.3) is 0 Å². The van der Waals surface area contributed by atoms with Gasteiger partial charge in [0.2, 0.25) is 0 Å². The number of esters is 1. The van der Waals surface area contributed by atoms with E-state index in [-0.39, 0.29) is 5.82 Å². The molecule has 12 heavy (non-hydrogen) atoms. The molecule has 0 aromatic heterocycles. The van der Waals surface area contributed by atoms with Crippen molar-refractivity contribution in [3.8, 4) is 0 Å². The minimum absolute atomic E-state index is 0.300. The van der Waals surface area contributed by atoms with Crippen LogP contribution in [0.2, 0.25) is 0 Å². The van der Waals surface area contributed by atoms with E-state index in [2.05, 4.69) is 0 Å².